The third kappa shape index (κ3) is 5.23. The van der Waals surface area contributed by atoms with E-state index in [1.54, 1.807) is 0 Å². The quantitative estimate of drug-likeness (QED) is 0.399. The Morgan fingerprint density at radius 2 is 1.88 bits per heavy atom. The maximum Gasteiger partial charge on any atom is 0.337 e. The first-order valence-corrected chi connectivity index (χ1v) is 12.0. The van der Waals surface area contributed by atoms with Gasteiger partial charge in [-0.1, -0.05) is 32.9 Å². The molecule has 1 aromatic heterocycles. The Hall–Kier alpha value is -2.82. The molecule has 0 bridgehead atoms. The number of methoxy groups -OCH3 is 1. The van der Waals surface area contributed by atoms with E-state index in [9.17, 15) is 4.79 Å². The molecular formula is C28H36N2O3. The molecule has 0 saturated heterocycles. The van der Waals surface area contributed by atoms with E-state index >= 15 is 0 Å². The number of esters is 1. The van der Waals surface area contributed by atoms with Crippen LogP contribution in [0.3, 0.4) is 0 Å². The molecule has 5 heteroatoms. The minimum atomic E-state index is -0.332. The summed E-state index contributed by atoms with van der Waals surface area (Å²) in [5.41, 5.74) is 3.96. The number of carbonyl (C=O) groups is 1. The predicted octanol–water partition coefficient (Wildman–Crippen LogP) is 6.59. The van der Waals surface area contributed by atoms with E-state index in [2.05, 4.69) is 37.5 Å². The van der Waals surface area contributed by atoms with Crippen LogP contribution in [0.15, 0.2) is 42.5 Å². The lowest BCUT2D eigenvalue weighted by Gasteiger charge is -2.40. The van der Waals surface area contributed by atoms with Gasteiger partial charge in [-0.05, 0) is 80.3 Å². The van der Waals surface area contributed by atoms with E-state index in [4.69, 9.17) is 14.5 Å². The lowest BCUT2D eigenvalue weighted by molar-refractivity contribution is 0.0601. The van der Waals surface area contributed by atoms with Crippen LogP contribution in [0.1, 0.15) is 81.7 Å². The summed E-state index contributed by atoms with van der Waals surface area (Å²) < 4.78 is 13.2. The number of ether oxygens (including phenoxy) is 2. The van der Waals surface area contributed by atoms with Crippen LogP contribution in [0, 0.1) is 11.3 Å². The van der Waals surface area contributed by atoms with E-state index in [-0.39, 0.29) is 17.5 Å². The largest absolute Gasteiger partial charge is 0.491 e. The number of fused-ring (bicyclic) bond motifs is 1. The van der Waals surface area contributed by atoms with Gasteiger partial charge in [0.1, 0.15) is 11.6 Å². The Morgan fingerprint density at radius 3 is 2.52 bits per heavy atom. The van der Waals surface area contributed by atoms with E-state index in [0.717, 1.165) is 41.9 Å². The average Bonchev–Trinajstić information content (AvgIpc) is 3.09. The number of aromatic nitrogens is 2. The van der Waals surface area contributed by atoms with Gasteiger partial charge in [-0.15, -0.1) is 0 Å². The molecule has 1 aliphatic rings. The molecule has 4 rings (SSSR count). The van der Waals surface area contributed by atoms with Gasteiger partial charge in [0.15, 0.2) is 0 Å². The van der Waals surface area contributed by atoms with Crippen molar-refractivity contribution in [1.29, 1.82) is 0 Å². The van der Waals surface area contributed by atoms with Crippen LogP contribution in [-0.4, -0.2) is 28.7 Å². The summed E-state index contributed by atoms with van der Waals surface area (Å²) in [5, 5.41) is 0. The molecule has 0 aliphatic heterocycles. The van der Waals surface area contributed by atoms with Crippen molar-refractivity contribution < 1.29 is 14.3 Å². The number of hydrogen-bond acceptors (Lipinski definition) is 4. The molecule has 0 radical (unpaired) electrons. The number of carbonyl (C=O) groups excluding carboxylic acids is 1. The van der Waals surface area contributed by atoms with Crippen LogP contribution in [-0.2, 0) is 11.2 Å². The molecule has 0 spiro atoms. The van der Waals surface area contributed by atoms with E-state index in [1.807, 2.05) is 44.2 Å². The first-order valence-electron chi connectivity index (χ1n) is 12.0. The zero-order valence-electron chi connectivity index (χ0n) is 20.7. The second-order valence-corrected chi connectivity index (χ2v) is 10.6. The molecule has 2 atom stereocenters. The molecule has 1 fully saturated rings. The number of rotatable bonds is 6. The Balaban J connectivity index is 1.75. The van der Waals surface area contributed by atoms with Crippen molar-refractivity contribution in [3.05, 3.63) is 59.4 Å². The molecule has 176 valence electrons. The van der Waals surface area contributed by atoms with Gasteiger partial charge in [-0.25, -0.2) is 9.78 Å². The fraction of sp³-hybridized carbons (Fsp3) is 0.500. The maximum atomic E-state index is 12.1. The van der Waals surface area contributed by atoms with Crippen molar-refractivity contribution in [2.24, 2.45) is 11.3 Å². The minimum Gasteiger partial charge on any atom is -0.491 e. The highest BCUT2D eigenvalue weighted by Crippen LogP contribution is 2.45. The van der Waals surface area contributed by atoms with Crippen molar-refractivity contribution in [2.75, 3.05) is 7.11 Å². The highest BCUT2D eigenvalue weighted by atomic mass is 16.5. The van der Waals surface area contributed by atoms with Crippen LogP contribution in [0.5, 0.6) is 5.75 Å². The zero-order chi connectivity index (χ0) is 23.8. The molecule has 3 aromatic rings. The number of benzene rings is 2. The topological polar surface area (TPSA) is 53.4 Å². The standard InChI is InChI=1S/C28H36N2O3/c1-18(2)33-23-10-7-20(8-11-23)14-26-29-24-15-21(27(31)32-6)9-12-25(24)30(26)22-13-19(3)16-28(4,5)17-22/h7-12,15,18-19,22H,13-14,16-17H2,1-6H3/t19-,22+/m1/s1. The summed E-state index contributed by atoms with van der Waals surface area (Å²) in [4.78, 5) is 17.1. The first kappa shape index (κ1) is 23.3. The molecule has 0 N–H and O–H groups in total. The van der Waals surface area contributed by atoms with Gasteiger partial charge >= 0.3 is 5.97 Å². The Morgan fingerprint density at radius 1 is 1.15 bits per heavy atom. The van der Waals surface area contributed by atoms with Crippen LogP contribution < -0.4 is 4.74 Å². The van der Waals surface area contributed by atoms with Gasteiger partial charge in [-0.2, -0.15) is 0 Å². The number of nitrogens with zero attached hydrogens (tertiary/aromatic N) is 2. The average molecular weight is 449 g/mol. The van der Waals surface area contributed by atoms with Gasteiger partial charge in [0.2, 0.25) is 0 Å². The third-order valence-electron chi connectivity index (χ3n) is 6.57. The van der Waals surface area contributed by atoms with Crippen molar-refractivity contribution in [3.8, 4) is 5.75 Å². The Bertz CT molecular complexity index is 1130. The van der Waals surface area contributed by atoms with Crippen LogP contribution >= 0.6 is 0 Å². The zero-order valence-corrected chi connectivity index (χ0v) is 20.7. The van der Waals surface area contributed by atoms with E-state index in [1.165, 1.54) is 19.1 Å². The van der Waals surface area contributed by atoms with Crippen LogP contribution in [0.25, 0.3) is 11.0 Å². The third-order valence-corrected chi connectivity index (χ3v) is 6.57. The van der Waals surface area contributed by atoms with Gasteiger partial charge in [-0.3, -0.25) is 0 Å². The van der Waals surface area contributed by atoms with E-state index in [0.29, 0.717) is 17.5 Å². The molecule has 0 unspecified atom stereocenters. The van der Waals surface area contributed by atoms with Crippen molar-refractivity contribution in [2.45, 2.75) is 72.4 Å². The molecule has 1 heterocycles. The summed E-state index contributed by atoms with van der Waals surface area (Å²) in [6.07, 6.45) is 4.39. The second kappa shape index (κ2) is 9.20. The summed E-state index contributed by atoms with van der Waals surface area (Å²) in [6, 6.07) is 14.4. The molecule has 33 heavy (non-hydrogen) atoms. The van der Waals surface area contributed by atoms with Gasteiger partial charge < -0.3 is 14.0 Å². The first-order chi connectivity index (χ1) is 15.6. The van der Waals surface area contributed by atoms with Crippen molar-refractivity contribution in [3.63, 3.8) is 0 Å². The minimum absolute atomic E-state index is 0.153. The predicted molar refractivity (Wildman–Crippen MR) is 132 cm³/mol. The number of imidazole rings is 1. The van der Waals surface area contributed by atoms with E-state index < -0.39 is 0 Å². The number of hydrogen-bond donors (Lipinski definition) is 0. The fourth-order valence-electron chi connectivity index (χ4n) is 5.56. The highest BCUT2D eigenvalue weighted by molar-refractivity contribution is 5.93. The summed E-state index contributed by atoms with van der Waals surface area (Å²) >= 11 is 0. The van der Waals surface area contributed by atoms with Gasteiger partial charge in [0.25, 0.3) is 0 Å². The summed E-state index contributed by atoms with van der Waals surface area (Å²) in [5.74, 6) is 2.25. The van der Waals surface area contributed by atoms with Gasteiger partial charge in [0.05, 0.1) is 29.8 Å². The van der Waals surface area contributed by atoms with Crippen LogP contribution in [0.4, 0.5) is 0 Å². The fourth-order valence-corrected chi connectivity index (χ4v) is 5.56. The Kier molecular flexibility index (Phi) is 6.51. The van der Waals surface area contributed by atoms with Crippen molar-refractivity contribution in [1.82, 2.24) is 9.55 Å². The monoisotopic (exact) mass is 448 g/mol. The maximum absolute atomic E-state index is 12.1. The molecular weight excluding hydrogens is 412 g/mol. The normalized spacial score (nSPS) is 20.2. The van der Waals surface area contributed by atoms with Crippen LogP contribution in [0.2, 0.25) is 0 Å². The molecule has 5 nitrogen and oxygen atoms in total. The Labute approximate surface area is 197 Å². The SMILES string of the molecule is COC(=O)c1ccc2c(c1)nc(Cc1ccc(OC(C)C)cc1)n2[C@H]1C[C@@H](C)CC(C)(C)C1. The van der Waals surface area contributed by atoms with Crippen molar-refractivity contribution >= 4 is 17.0 Å². The lowest BCUT2D eigenvalue weighted by atomic mass is 9.70. The van der Waals surface area contributed by atoms with Gasteiger partial charge in [0, 0.05) is 12.5 Å². The highest BCUT2D eigenvalue weighted by Gasteiger charge is 2.34. The molecule has 2 aromatic carbocycles. The molecule has 1 aliphatic carbocycles. The molecule has 1 saturated carbocycles. The summed E-state index contributed by atoms with van der Waals surface area (Å²) in [6.45, 7) is 11.2. The smallest absolute Gasteiger partial charge is 0.337 e. The molecule has 0 amide bonds. The lowest BCUT2D eigenvalue weighted by Crippen LogP contribution is -2.30. The summed E-state index contributed by atoms with van der Waals surface area (Å²) in [7, 11) is 1.41. The second-order valence-electron chi connectivity index (χ2n) is 10.6.